The van der Waals surface area contributed by atoms with Crippen molar-refractivity contribution in [3.05, 3.63) is 12.2 Å². The molecule has 0 bridgehead atoms. The van der Waals surface area contributed by atoms with E-state index in [1.165, 1.54) is 6.92 Å². The number of halogens is 6. The van der Waals surface area contributed by atoms with E-state index in [1.54, 1.807) is 0 Å². The van der Waals surface area contributed by atoms with E-state index < -0.39 is 42.9 Å². The average molecular weight is 308 g/mol. The van der Waals surface area contributed by atoms with Gasteiger partial charge < -0.3 is 9.84 Å². The van der Waals surface area contributed by atoms with Crippen LogP contribution in [0, 0.1) is 5.92 Å². The standard InChI is InChI=1S/C11H14F6O3/c1-5(2)9(19)20-6(3)4-7(10(12,13)14)8(18)11(15,16)17/h6-8,18H,1,4H2,2-3H3. The van der Waals surface area contributed by atoms with Gasteiger partial charge >= 0.3 is 18.3 Å². The largest absolute Gasteiger partial charge is 0.459 e. The zero-order valence-corrected chi connectivity index (χ0v) is 10.7. The number of esters is 1. The number of rotatable bonds is 5. The summed E-state index contributed by atoms with van der Waals surface area (Å²) in [4.78, 5) is 11.1. The second-order valence-electron chi connectivity index (χ2n) is 4.37. The third kappa shape index (κ3) is 5.81. The van der Waals surface area contributed by atoms with Gasteiger partial charge in [0.25, 0.3) is 0 Å². The molecule has 0 aliphatic heterocycles. The summed E-state index contributed by atoms with van der Waals surface area (Å²) in [5, 5.41) is 8.77. The number of hydrogen-bond acceptors (Lipinski definition) is 3. The Morgan fingerprint density at radius 1 is 1.20 bits per heavy atom. The van der Waals surface area contributed by atoms with Gasteiger partial charge in [-0.3, -0.25) is 0 Å². The number of carbonyl (C=O) groups excluding carboxylic acids is 1. The fourth-order valence-corrected chi connectivity index (χ4v) is 1.36. The number of aliphatic hydroxyl groups is 1. The molecule has 0 aromatic rings. The van der Waals surface area contributed by atoms with Crippen LogP contribution in [0.1, 0.15) is 20.3 Å². The minimum Gasteiger partial charge on any atom is -0.459 e. The lowest BCUT2D eigenvalue weighted by Gasteiger charge is -2.28. The first kappa shape index (κ1) is 18.8. The number of ether oxygens (including phenoxy) is 1. The molecule has 0 rings (SSSR count). The maximum atomic E-state index is 12.5. The minimum atomic E-state index is -5.42. The molecule has 0 saturated heterocycles. The molecule has 0 heterocycles. The molecule has 0 spiro atoms. The number of aliphatic hydroxyl groups excluding tert-OH is 1. The van der Waals surface area contributed by atoms with Crippen LogP contribution < -0.4 is 0 Å². The van der Waals surface area contributed by atoms with Gasteiger partial charge in [-0.15, -0.1) is 0 Å². The van der Waals surface area contributed by atoms with Crippen molar-refractivity contribution in [3.8, 4) is 0 Å². The predicted octanol–water partition coefficient (Wildman–Crippen LogP) is 2.99. The summed E-state index contributed by atoms with van der Waals surface area (Å²) in [6, 6.07) is 0. The maximum Gasteiger partial charge on any atom is 0.414 e. The van der Waals surface area contributed by atoms with Crippen molar-refractivity contribution in [2.24, 2.45) is 5.92 Å². The van der Waals surface area contributed by atoms with Crippen molar-refractivity contribution in [2.45, 2.75) is 44.8 Å². The number of carbonyl (C=O) groups is 1. The lowest BCUT2D eigenvalue weighted by atomic mass is 9.94. The molecule has 0 aromatic carbocycles. The molecular formula is C11H14F6O3. The molecule has 20 heavy (non-hydrogen) atoms. The maximum absolute atomic E-state index is 12.5. The highest BCUT2D eigenvalue weighted by molar-refractivity contribution is 5.87. The molecule has 0 fully saturated rings. The van der Waals surface area contributed by atoms with Gasteiger partial charge in [-0.2, -0.15) is 26.3 Å². The second-order valence-corrected chi connectivity index (χ2v) is 4.37. The fourth-order valence-electron chi connectivity index (χ4n) is 1.36. The highest BCUT2D eigenvalue weighted by Gasteiger charge is 2.54. The van der Waals surface area contributed by atoms with Crippen molar-refractivity contribution in [3.63, 3.8) is 0 Å². The third-order valence-electron chi connectivity index (χ3n) is 2.38. The Balaban J connectivity index is 4.93. The van der Waals surface area contributed by atoms with Gasteiger partial charge in [0.15, 0.2) is 6.10 Å². The van der Waals surface area contributed by atoms with Crippen molar-refractivity contribution in [1.82, 2.24) is 0 Å². The van der Waals surface area contributed by atoms with Crippen LogP contribution in [0.5, 0.6) is 0 Å². The minimum absolute atomic E-state index is 0.100. The highest BCUT2D eigenvalue weighted by Crippen LogP contribution is 2.39. The summed E-state index contributed by atoms with van der Waals surface area (Å²) >= 11 is 0. The monoisotopic (exact) mass is 308 g/mol. The summed E-state index contributed by atoms with van der Waals surface area (Å²) in [5.74, 6) is -4.09. The van der Waals surface area contributed by atoms with Crippen LogP contribution in [0.4, 0.5) is 26.3 Å². The van der Waals surface area contributed by atoms with Gasteiger partial charge in [-0.25, -0.2) is 4.79 Å². The third-order valence-corrected chi connectivity index (χ3v) is 2.38. The van der Waals surface area contributed by atoms with Crippen LogP contribution >= 0.6 is 0 Å². The summed E-state index contributed by atoms with van der Waals surface area (Å²) in [5.41, 5.74) is -0.100. The fraction of sp³-hybridized carbons (Fsp3) is 0.727. The molecule has 118 valence electrons. The van der Waals surface area contributed by atoms with E-state index in [2.05, 4.69) is 11.3 Å². The molecule has 3 nitrogen and oxygen atoms in total. The molecule has 1 N–H and O–H groups in total. The Hall–Kier alpha value is -1.25. The van der Waals surface area contributed by atoms with Crippen LogP contribution in [-0.4, -0.2) is 35.6 Å². The Morgan fingerprint density at radius 3 is 1.95 bits per heavy atom. The van der Waals surface area contributed by atoms with Crippen LogP contribution in [0.2, 0.25) is 0 Å². The lowest BCUT2D eigenvalue weighted by molar-refractivity contribution is -0.279. The first-order valence-corrected chi connectivity index (χ1v) is 5.44. The van der Waals surface area contributed by atoms with Gasteiger partial charge in [-0.05, 0) is 20.3 Å². The summed E-state index contributed by atoms with van der Waals surface area (Å²) in [7, 11) is 0. The van der Waals surface area contributed by atoms with Crippen molar-refractivity contribution < 1.29 is 41.0 Å². The Morgan fingerprint density at radius 2 is 1.65 bits per heavy atom. The Kier molecular flexibility index (Phi) is 6.06. The highest BCUT2D eigenvalue weighted by atomic mass is 19.4. The van der Waals surface area contributed by atoms with Gasteiger partial charge in [0.05, 0.1) is 5.92 Å². The molecule has 0 saturated carbocycles. The van der Waals surface area contributed by atoms with E-state index in [1.807, 2.05) is 0 Å². The summed E-state index contributed by atoms with van der Waals surface area (Å²) in [6.07, 6.45) is -16.9. The molecule has 0 amide bonds. The average Bonchev–Trinajstić information content (AvgIpc) is 2.21. The zero-order chi connectivity index (χ0) is 16.3. The van der Waals surface area contributed by atoms with Crippen LogP contribution in [0.25, 0.3) is 0 Å². The Labute approximate surface area is 111 Å². The molecule has 3 unspecified atom stereocenters. The first-order valence-electron chi connectivity index (χ1n) is 5.44. The van der Waals surface area contributed by atoms with Gasteiger partial charge in [0.2, 0.25) is 0 Å². The van der Waals surface area contributed by atoms with E-state index in [0.29, 0.717) is 0 Å². The van der Waals surface area contributed by atoms with Crippen molar-refractivity contribution in [1.29, 1.82) is 0 Å². The smallest absolute Gasteiger partial charge is 0.414 e. The SMILES string of the molecule is C=C(C)C(=O)OC(C)CC(C(O)C(F)(F)F)C(F)(F)F. The van der Waals surface area contributed by atoms with Crippen molar-refractivity contribution >= 4 is 5.97 Å². The summed E-state index contributed by atoms with van der Waals surface area (Å²) < 4.78 is 78.7. The van der Waals surface area contributed by atoms with E-state index in [4.69, 9.17) is 5.11 Å². The number of alkyl halides is 6. The van der Waals surface area contributed by atoms with Gasteiger partial charge in [-0.1, -0.05) is 6.58 Å². The summed E-state index contributed by atoms with van der Waals surface area (Å²) in [6.45, 7) is 5.42. The van der Waals surface area contributed by atoms with Crippen LogP contribution in [0.3, 0.4) is 0 Å². The quantitative estimate of drug-likeness (QED) is 0.482. The van der Waals surface area contributed by atoms with Crippen molar-refractivity contribution in [2.75, 3.05) is 0 Å². The first-order chi connectivity index (χ1) is 8.76. The van der Waals surface area contributed by atoms with Gasteiger partial charge in [0.1, 0.15) is 6.10 Å². The van der Waals surface area contributed by atoms with E-state index in [0.717, 1.165) is 6.92 Å². The zero-order valence-electron chi connectivity index (χ0n) is 10.7. The second kappa shape index (κ2) is 6.47. The molecule has 3 atom stereocenters. The normalized spacial score (nSPS) is 17.2. The lowest BCUT2D eigenvalue weighted by Crippen LogP contribution is -2.45. The van der Waals surface area contributed by atoms with E-state index in [9.17, 15) is 31.1 Å². The molecular weight excluding hydrogens is 294 g/mol. The molecule has 0 aliphatic rings. The molecule has 0 aliphatic carbocycles. The number of hydrogen-bond donors (Lipinski definition) is 1. The molecule has 0 aromatic heterocycles. The topological polar surface area (TPSA) is 46.5 Å². The van der Waals surface area contributed by atoms with Gasteiger partial charge in [0, 0.05) is 5.57 Å². The van der Waals surface area contributed by atoms with Crippen LogP contribution in [0.15, 0.2) is 12.2 Å². The van der Waals surface area contributed by atoms with Crippen LogP contribution in [-0.2, 0) is 9.53 Å². The molecule has 9 heteroatoms. The Bertz CT molecular complexity index is 360. The molecule has 0 radical (unpaired) electrons. The van der Waals surface area contributed by atoms with E-state index >= 15 is 0 Å². The predicted molar refractivity (Wildman–Crippen MR) is 56.6 cm³/mol. The van der Waals surface area contributed by atoms with E-state index in [-0.39, 0.29) is 5.57 Å².